The molecule has 28 heavy (non-hydrogen) atoms. The van der Waals surface area contributed by atoms with Crippen molar-refractivity contribution in [1.29, 1.82) is 0 Å². The molecule has 1 aliphatic heterocycles. The molecular formula is C23H28N2O3. The maximum absolute atomic E-state index is 12.6. The highest BCUT2D eigenvalue weighted by molar-refractivity contribution is 5.93. The van der Waals surface area contributed by atoms with Gasteiger partial charge in [-0.25, -0.2) is 0 Å². The van der Waals surface area contributed by atoms with Crippen LogP contribution in [0.3, 0.4) is 0 Å². The van der Waals surface area contributed by atoms with E-state index in [1.807, 2.05) is 18.7 Å². The minimum Gasteiger partial charge on any atom is -0.472 e. The fourth-order valence-corrected chi connectivity index (χ4v) is 4.99. The molecule has 1 fully saturated rings. The Bertz CT molecular complexity index is 848. The second-order valence-corrected chi connectivity index (χ2v) is 8.50. The molecule has 0 bridgehead atoms. The number of hydrogen-bond donors (Lipinski definition) is 1. The summed E-state index contributed by atoms with van der Waals surface area (Å²) in [5, 5.41) is 3.03. The Morgan fingerprint density at radius 2 is 1.96 bits per heavy atom. The zero-order valence-electron chi connectivity index (χ0n) is 16.6. The molecule has 0 radical (unpaired) electrons. The molecule has 2 amide bonds. The fourth-order valence-electron chi connectivity index (χ4n) is 4.99. The predicted molar refractivity (Wildman–Crippen MR) is 107 cm³/mol. The number of amides is 2. The Kier molecular flexibility index (Phi) is 5.00. The van der Waals surface area contributed by atoms with Crippen molar-refractivity contribution >= 4 is 11.8 Å². The first kappa shape index (κ1) is 18.8. The summed E-state index contributed by atoms with van der Waals surface area (Å²) in [5.74, 6) is 0.424. The highest BCUT2D eigenvalue weighted by Gasteiger charge is 2.46. The molecule has 1 aromatic heterocycles. The number of rotatable bonds is 4. The van der Waals surface area contributed by atoms with Crippen molar-refractivity contribution in [3.8, 4) is 0 Å². The molecule has 1 spiro atoms. The average Bonchev–Trinajstić information content (AvgIpc) is 3.30. The Morgan fingerprint density at radius 3 is 2.64 bits per heavy atom. The number of carbonyl (C=O) groups is 2. The van der Waals surface area contributed by atoms with E-state index in [1.165, 1.54) is 17.4 Å². The van der Waals surface area contributed by atoms with E-state index in [0.717, 1.165) is 32.4 Å². The van der Waals surface area contributed by atoms with Crippen LogP contribution in [-0.2, 0) is 10.2 Å². The fraction of sp³-hybridized carbons (Fsp3) is 0.478. The van der Waals surface area contributed by atoms with E-state index >= 15 is 0 Å². The summed E-state index contributed by atoms with van der Waals surface area (Å²) in [4.78, 5) is 27.0. The average molecular weight is 380 g/mol. The van der Waals surface area contributed by atoms with E-state index < -0.39 is 0 Å². The zero-order chi connectivity index (χ0) is 19.7. The molecule has 1 aromatic carbocycles. The maximum atomic E-state index is 12.6. The first-order chi connectivity index (χ1) is 13.5. The van der Waals surface area contributed by atoms with Crippen LogP contribution < -0.4 is 5.32 Å². The van der Waals surface area contributed by atoms with Crippen molar-refractivity contribution in [2.24, 2.45) is 0 Å². The predicted octanol–water partition coefficient (Wildman–Crippen LogP) is 3.86. The number of piperidine rings is 1. The number of carbonyl (C=O) groups excluding carboxylic acids is 2. The third kappa shape index (κ3) is 3.46. The Balaban J connectivity index is 1.49. The summed E-state index contributed by atoms with van der Waals surface area (Å²) in [6, 6.07) is 10.5. The number of nitrogens with zero attached hydrogens (tertiary/aromatic N) is 1. The van der Waals surface area contributed by atoms with E-state index in [1.54, 1.807) is 12.3 Å². The number of fused-ring (bicyclic) bond motifs is 2. The van der Waals surface area contributed by atoms with E-state index in [4.69, 9.17) is 4.42 Å². The third-order valence-corrected chi connectivity index (χ3v) is 6.27. The highest BCUT2D eigenvalue weighted by Crippen LogP contribution is 2.52. The second kappa shape index (κ2) is 7.46. The highest BCUT2D eigenvalue weighted by atomic mass is 16.3. The lowest BCUT2D eigenvalue weighted by Gasteiger charge is -2.40. The van der Waals surface area contributed by atoms with Gasteiger partial charge in [0.25, 0.3) is 5.91 Å². The van der Waals surface area contributed by atoms with Crippen molar-refractivity contribution in [1.82, 2.24) is 10.2 Å². The molecule has 1 unspecified atom stereocenters. The Labute approximate surface area is 166 Å². The number of benzene rings is 1. The molecule has 2 heterocycles. The van der Waals surface area contributed by atoms with Gasteiger partial charge in [0, 0.05) is 25.6 Å². The molecule has 0 saturated carbocycles. The van der Waals surface area contributed by atoms with Crippen LogP contribution in [0.2, 0.25) is 0 Å². The van der Waals surface area contributed by atoms with E-state index in [9.17, 15) is 9.59 Å². The smallest absolute Gasteiger partial charge is 0.257 e. The first-order valence-corrected chi connectivity index (χ1v) is 10.2. The molecule has 1 N–H and O–H groups in total. The van der Waals surface area contributed by atoms with Crippen LogP contribution in [0.1, 0.15) is 66.9 Å². The van der Waals surface area contributed by atoms with Crippen LogP contribution in [0.25, 0.3) is 0 Å². The Morgan fingerprint density at radius 1 is 1.21 bits per heavy atom. The van der Waals surface area contributed by atoms with Gasteiger partial charge in [-0.2, -0.15) is 0 Å². The van der Waals surface area contributed by atoms with Crippen molar-refractivity contribution in [2.75, 3.05) is 13.1 Å². The van der Waals surface area contributed by atoms with Gasteiger partial charge in [0.05, 0.1) is 11.8 Å². The standard InChI is InChI=1S/C23H28N2O3/c1-16(2)24-21(26)13-18-14-23(20-6-4-3-5-19(18)20)8-10-25(11-9-23)22(27)17-7-12-28-15-17/h3-7,12,15-16,18H,8-11,13-14H2,1-2H3,(H,24,26). The van der Waals surface area contributed by atoms with Crippen LogP contribution >= 0.6 is 0 Å². The normalized spacial score (nSPS) is 20.4. The van der Waals surface area contributed by atoms with Crippen LogP contribution in [0.5, 0.6) is 0 Å². The quantitative estimate of drug-likeness (QED) is 0.876. The van der Waals surface area contributed by atoms with Crippen LogP contribution in [0.4, 0.5) is 0 Å². The molecule has 5 heteroatoms. The number of furan rings is 1. The van der Waals surface area contributed by atoms with Gasteiger partial charge in [0.2, 0.25) is 5.91 Å². The van der Waals surface area contributed by atoms with Crippen molar-refractivity contribution in [2.45, 2.75) is 56.9 Å². The monoisotopic (exact) mass is 380 g/mol. The van der Waals surface area contributed by atoms with Gasteiger partial charge < -0.3 is 14.6 Å². The van der Waals surface area contributed by atoms with E-state index in [-0.39, 0.29) is 29.2 Å². The second-order valence-electron chi connectivity index (χ2n) is 8.50. The number of likely N-dealkylation sites (tertiary alicyclic amines) is 1. The van der Waals surface area contributed by atoms with E-state index in [0.29, 0.717) is 12.0 Å². The lowest BCUT2D eigenvalue weighted by molar-refractivity contribution is -0.122. The molecule has 4 rings (SSSR count). The summed E-state index contributed by atoms with van der Waals surface area (Å²) in [5.41, 5.74) is 3.39. The minimum absolute atomic E-state index is 0.0442. The third-order valence-electron chi connectivity index (χ3n) is 6.27. The van der Waals surface area contributed by atoms with Gasteiger partial charge in [0.15, 0.2) is 0 Å². The van der Waals surface area contributed by atoms with Crippen molar-refractivity contribution in [3.63, 3.8) is 0 Å². The lowest BCUT2D eigenvalue weighted by Crippen LogP contribution is -2.44. The molecule has 148 valence electrons. The molecule has 1 atom stereocenters. The van der Waals surface area contributed by atoms with Gasteiger partial charge >= 0.3 is 0 Å². The summed E-state index contributed by atoms with van der Waals surface area (Å²) < 4.78 is 5.06. The SMILES string of the molecule is CC(C)NC(=O)CC1CC2(CCN(C(=O)c3ccoc3)CC2)c2ccccc21. The Hall–Kier alpha value is -2.56. The van der Waals surface area contributed by atoms with Gasteiger partial charge in [-0.15, -0.1) is 0 Å². The number of nitrogens with one attached hydrogen (secondary N) is 1. The summed E-state index contributed by atoms with van der Waals surface area (Å²) in [6.07, 6.45) is 6.46. The van der Waals surface area contributed by atoms with E-state index in [2.05, 4.69) is 29.6 Å². The van der Waals surface area contributed by atoms with Crippen LogP contribution in [0, 0.1) is 0 Å². The molecular weight excluding hydrogens is 352 g/mol. The largest absolute Gasteiger partial charge is 0.472 e. The molecule has 5 nitrogen and oxygen atoms in total. The maximum Gasteiger partial charge on any atom is 0.257 e. The minimum atomic E-state index is 0.0442. The van der Waals surface area contributed by atoms with Gasteiger partial charge in [0.1, 0.15) is 6.26 Å². The van der Waals surface area contributed by atoms with Crippen molar-refractivity contribution < 1.29 is 14.0 Å². The summed E-state index contributed by atoms with van der Waals surface area (Å²) >= 11 is 0. The van der Waals surface area contributed by atoms with Crippen molar-refractivity contribution in [3.05, 3.63) is 59.5 Å². The molecule has 1 saturated heterocycles. The summed E-state index contributed by atoms with van der Waals surface area (Å²) in [7, 11) is 0. The van der Waals surface area contributed by atoms with Gasteiger partial charge in [-0.1, -0.05) is 24.3 Å². The summed E-state index contributed by atoms with van der Waals surface area (Å²) in [6.45, 7) is 5.47. The molecule has 2 aromatic rings. The molecule has 2 aliphatic rings. The van der Waals surface area contributed by atoms with Gasteiger partial charge in [-0.3, -0.25) is 9.59 Å². The molecule has 1 aliphatic carbocycles. The van der Waals surface area contributed by atoms with Gasteiger partial charge in [-0.05, 0) is 61.6 Å². The van der Waals surface area contributed by atoms with Crippen LogP contribution in [0.15, 0.2) is 47.3 Å². The lowest BCUT2D eigenvalue weighted by atomic mass is 9.73. The first-order valence-electron chi connectivity index (χ1n) is 10.2. The van der Waals surface area contributed by atoms with Crippen LogP contribution in [-0.4, -0.2) is 35.8 Å². The zero-order valence-corrected chi connectivity index (χ0v) is 16.6. The number of hydrogen-bond acceptors (Lipinski definition) is 3. The topological polar surface area (TPSA) is 62.6 Å².